The number of ether oxygens (including phenoxy) is 1. The van der Waals surface area contributed by atoms with Crippen LogP contribution in [0.5, 0.6) is 0 Å². The fourth-order valence-electron chi connectivity index (χ4n) is 2.56. The van der Waals surface area contributed by atoms with Gasteiger partial charge in [0.1, 0.15) is 0 Å². The minimum atomic E-state index is -1.28. The molecule has 1 aliphatic carbocycles. The lowest BCUT2D eigenvalue weighted by Crippen LogP contribution is -2.42. The number of hydrogen-bond acceptors (Lipinski definition) is 5. The second-order valence-electron chi connectivity index (χ2n) is 4.89. The van der Waals surface area contributed by atoms with Crippen molar-refractivity contribution in [2.45, 2.75) is 18.6 Å². The number of carbonyl (C=O) groups is 1. The molecule has 1 aliphatic heterocycles. The van der Waals surface area contributed by atoms with E-state index in [1.807, 2.05) is 6.07 Å². The van der Waals surface area contributed by atoms with Gasteiger partial charge in [0.25, 0.3) is 0 Å². The van der Waals surface area contributed by atoms with Crippen molar-refractivity contribution in [1.29, 1.82) is 0 Å². The van der Waals surface area contributed by atoms with E-state index in [2.05, 4.69) is 0 Å². The first-order chi connectivity index (χ1) is 9.59. The highest BCUT2D eigenvalue weighted by Gasteiger charge is 2.45. The highest BCUT2D eigenvalue weighted by molar-refractivity contribution is 5.89. The van der Waals surface area contributed by atoms with Crippen LogP contribution in [0.1, 0.15) is 18.1 Å². The van der Waals surface area contributed by atoms with Crippen molar-refractivity contribution in [2.75, 3.05) is 0 Å². The van der Waals surface area contributed by atoms with Crippen LogP contribution in [-0.4, -0.2) is 27.2 Å². The summed E-state index contributed by atoms with van der Waals surface area (Å²) in [7, 11) is 0. The monoisotopic (exact) mass is 274 g/mol. The van der Waals surface area contributed by atoms with E-state index in [0.717, 1.165) is 0 Å². The molecule has 104 valence electrons. The Morgan fingerprint density at radius 2 is 1.85 bits per heavy atom. The van der Waals surface area contributed by atoms with Crippen molar-refractivity contribution in [2.24, 2.45) is 5.92 Å². The van der Waals surface area contributed by atoms with Gasteiger partial charge in [0.15, 0.2) is 35.3 Å². The molecule has 1 heterocycles. The zero-order valence-corrected chi connectivity index (χ0v) is 10.6. The summed E-state index contributed by atoms with van der Waals surface area (Å²) in [5.74, 6) is -1.83. The number of ketones is 1. The van der Waals surface area contributed by atoms with Crippen molar-refractivity contribution in [1.82, 2.24) is 0 Å². The zero-order chi connectivity index (χ0) is 14.3. The lowest BCUT2D eigenvalue weighted by Gasteiger charge is -2.36. The van der Waals surface area contributed by atoms with Crippen molar-refractivity contribution < 1.29 is 24.9 Å². The van der Waals surface area contributed by atoms with Crippen LogP contribution in [0.3, 0.4) is 0 Å². The standard InChI is InChI=1S/C15H14O5/c16-10-7-6-9-11(17)13(19)14(20-15(9)12(10)18)8-4-2-1-3-5-8/h1-5,7,9,13-14,16,18-19H,6H2. The molecular formula is C15H14O5. The third-order valence-corrected chi connectivity index (χ3v) is 3.64. The van der Waals surface area contributed by atoms with Crippen molar-refractivity contribution in [3.8, 4) is 0 Å². The molecule has 0 amide bonds. The van der Waals surface area contributed by atoms with Gasteiger partial charge in [0.2, 0.25) is 0 Å². The summed E-state index contributed by atoms with van der Waals surface area (Å²) in [5, 5.41) is 29.5. The van der Waals surface area contributed by atoms with Crippen LogP contribution >= 0.6 is 0 Å². The molecule has 1 fully saturated rings. The molecule has 1 saturated heterocycles. The van der Waals surface area contributed by atoms with Gasteiger partial charge >= 0.3 is 0 Å². The molecular weight excluding hydrogens is 260 g/mol. The van der Waals surface area contributed by atoms with Gasteiger partial charge in [-0.25, -0.2) is 0 Å². The molecule has 5 heteroatoms. The number of carbonyl (C=O) groups excluding carboxylic acids is 1. The number of benzene rings is 1. The Morgan fingerprint density at radius 3 is 2.55 bits per heavy atom. The average molecular weight is 274 g/mol. The molecule has 20 heavy (non-hydrogen) atoms. The number of Topliss-reactive ketones (excluding diaryl/α,β-unsaturated/α-hetero) is 1. The Kier molecular flexibility index (Phi) is 2.99. The second kappa shape index (κ2) is 4.68. The maximum Gasteiger partial charge on any atom is 0.196 e. The van der Waals surface area contributed by atoms with Crippen LogP contribution in [-0.2, 0) is 9.53 Å². The number of rotatable bonds is 1. The fourth-order valence-corrected chi connectivity index (χ4v) is 2.56. The quantitative estimate of drug-likeness (QED) is 0.728. The maximum atomic E-state index is 12.2. The second-order valence-corrected chi connectivity index (χ2v) is 4.89. The number of aliphatic hydroxyl groups is 3. The Labute approximate surface area is 115 Å². The van der Waals surface area contributed by atoms with Gasteiger partial charge in [-0.15, -0.1) is 0 Å². The lowest BCUT2D eigenvalue weighted by atomic mass is 9.84. The Hall–Kier alpha value is -2.27. The highest BCUT2D eigenvalue weighted by atomic mass is 16.5. The molecule has 0 aromatic heterocycles. The van der Waals surface area contributed by atoms with Crippen LogP contribution in [0.4, 0.5) is 0 Å². The summed E-state index contributed by atoms with van der Waals surface area (Å²) in [4.78, 5) is 12.2. The van der Waals surface area contributed by atoms with Gasteiger partial charge < -0.3 is 20.1 Å². The summed E-state index contributed by atoms with van der Waals surface area (Å²) in [5.41, 5.74) is 0.640. The number of hydrogen-bond donors (Lipinski definition) is 3. The molecule has 1 aromatic carbocycles. The normalized spacial score (nSPS) is 29.6. The van der Waals surface area contributed by atoms with Crippen LogP contribution in [0, 0.1) is 5.92 Å². The smallest absolute Gasteiger partial charge is 0.196 e. The van der Waals surface area contributed by atoms with Gasteiger partial charge in [-0.3, -0.25) is 4.79 Å². The van der Waals surface area contributed by atoms with E-state index in [0.29, 0.717) is 5.56 Å². The number of aliphatic hydroxyl groups excluding tert-OH is 3. The molecule has 5 nitrogen and oxygen atoms in total. The van der Waals surface area contributed by atoms with Crippen molar-refractivity contribution in [3.05, 3.63) is 59.2 Å². The van der Waals surface area contributed by atoms with E-state index in [-0.39, 0.29) is 17.9 Å². The van der Waals surface area contributed by atoms with Crippen LogP contribution in [0.15, 0.2) is 53.7 Å². The van der Waals surface area contributed by atoms with Gasteiger partial charge in [-0.05, 0) is 18.1 Å². The number of allylic oxidation sites excluding steroid dienone is 2. The first kappa shape index (κ1) is 12.7. The lowest BCUT2D eigenvalue weighted by molar-refractivity contribution is -0.148. The molecule has 0 bridgehead atoms. The first-order valence-corrected chi connectivity index (χ1v) is 6.35. The first-order valence-electron chi connectivity index (χ1n) is 6.35. The number of fused-ring (bicyclic) bond motifs is 1. The molecule has 0 saturated carbocycles. The Balaban J connectivity index is 2.01. The summed E-state index contributed by atoms with van der Waals surface area (Å²) >= 11 is 0. The van der Waals surface area contributed by atoms with Gasteiger partial charge in [-0.2, -0.15) is 0 Å². The predicted octanol–water partition coefficient (Wildman–Crippen LogP) is 1.92. The molecule has 2 aliphatic rings. The van der Waals surface area contributed by atoms with E-state index in [1.54, 1.807) is 24.3 Å². The van der Waals surface area contributed by atoms with Gasteiger partial charge in [0.05, 0.1) is 5.92 Å². The molecule has 0 radical (unpaired) electrons. The molecule has 3 atom stereocenters. The summed E-state index contributed by atoms with van der Waals surface area (Å²) in [6.07, 6.45) is -0.598. The Bertz CT molecular complexity index is 602. The SMILES string of the molecule is O=C1C2CC=C(O)C(O)=C2OC(c2ccccc2)C1O. The minimum Gasteiger partial charge on any atom is -0.504 e. The average Bonchev–Trinajstić information content (AvgIpc) is 2.47. The summed E-state index contributed by atoms with van der Waals surface area (Å²) in [6.45, 7) is 0. The zero-order valence-electron chi connectivity index (χ0n) is 10.6. The van der Waals surface area contributed by atoms with Crippen LogP contribution < -0.4 is 0 Å². The maximum absolute atomic E-state index is 12.2. The molecule has 3 rings (SSSR count). The van der Waals surface area contributed by atoms with E-state index in [1.165, 1.54) is 6.08 Å². The van der Waals surface area contributed by atoms with Crippen LogP contribution in [0.2, 0.25) is 0 Å². The van der Waals surface area contributed by atoms with Crippen molar-refractivity contribution >= 4 is 5.78 Å². The van der Waals surface area contributed by atoms with E-state index in [4.69, 9.17) is 4.74 Å². The third-order valence-electron chi connectivity index (χ3n) is 3.64. The fraction of sp³-hybridized carbons (Fsp3) is 0.267. The van der Waals surface area contributed by atoms with E-state index in [9.17, 15) is 20.1 Å². The predicted molar refractivity (Wildman–Crippen MR) is 69.8 cm³/mol. The Morgan fingerprint density at radius 1 is 1.15 bits per heavy atom. The van der Waals surface area contributed by atoms with Crippen molar-refractivity contribution in [3.63, 3.8) is 0 Å². The van der Waals surface area contributed by atoms with E-state index < -0.39 is 29.7 Å². The molecule has 3 N–H and O–H groups in total. The highest BCUT2D eigenvalue weighted by Crippen LogP contribution is 2.40. The topological polar surface area (TPSA) is 87.0 Å². The molecule has 3 unspecified atom stereocenters. The molecule has 1 aromatic rings. The largest absolute Gasteiger partial charge is 0.504 e. The van der Waals surface area contributed by atoms with Gasteiger partial charge in [0, 0.05) is 0 Å². The summed E-state index contributed by atoms with van der Waals surface area (Å²) < 4.78 is 5.60. The summed E-state index contributed by atoms with van der Waals surface area (Å²) in [6, 6.07) is 8.83. The van der Waals surface area contributed by atoms with E-state index >= 15 is 0 Å². The molecule has 0 spiro atoms. The minimum absolute atomic E-state index is 0.0363. The third kappa shape index (κ3) is 1.87. The van der Waals surface area contributed by atoms with Gasteiger partial charge in [-0.1, -0.05) is 30.3 Å². The van der Waals surface area contributed by atoms with Crippen LogP contribution in [0.25, 0.3) is 0 Å².